The van der Waals surface area contributed by atoms with Crippen LogP contribution in [0, 0.1) is 5.82 Å². The van der Waals surface area contributed by atoms with E-state index in [2.05, 4.69) is 10.4 Å². The van der Waals surface area contributed by atoms with E-state index >= 15 is 0 Å². The summed E-state index contributed by atoms with van der Waals surface area (Å²) < 4.78 is 15.3. The molecular formula is C15H16FN3O3. The molecule has 1 aromatic carbocycles. The van der Waals surface area contributed by atoms with Crippen LogP contribution in [0.1, 0.15) is 17.5 Å². The van der Waals surface area contributed by atoms with Crippen LogP contribution >= 0.6 is 0 Å². The number of hydrogen-bond acceptors (Lipinski definition) is 3. The lowest BCUT2D eigenvalue weighted by atomic mass is 10.1. The number of aryl methyl sites for hydroxylation is 2. The molecule has 0 bridgehead atoms. The van der Waals surface area contributed by atoms with Gasteiger partial charge >= 0.3 is 5.97 Å². The van der Waals surface area contributed by atoms with Gasteiger partial charge in [0.15, 0.2) is 0 Å². The van der Waals surface area contributed by atoms with Gasteiger partial charge in [-0.1, -0.05) is 6.07 Å². The molecule has 6 nitrogen and oxygen atoms in total. The molecule has 0 radical (unpaired) electrons. The van der Waals surface area contributed by atoms with Gasteiger partial charge in [-0.3, -0.25) is 14.3 Å². The zero-order chi connectivity index (χ0) is 16.1. The first-order chi connectivity index (χ1) is 10.4. The number of benzene rings is 1. The first-order valence-corrected chi connectivity index (χ1v) is 6.71. The molecule has 1 aromatic heterocycles. The number of carboxylic acid groups (broad SMARTS) is 1. The van der Waals surface area contributed by atoms with Crippen molar-refractivity contribution in [1.82, 2.24) is 9.78 Å². The maximum absolute atomic E-state index is 13.7. The molecule has 0 aliphatic carbocycles. The van der Waals surface area contributed by atoms with Crippen LogP contribution in [0.3, 0.4) is 0 Å². The Bertz CT molecular complexity index is 697. The fraction of sp³-hybridized carbons (Fsp3) is 0.267. The highest BCUT2D eigenvalue weighted by Crippen LogP contribution is 2.15. The van der Waals surface area contributed by atoms with Crippen molar-refractivity contribution in [1.29, 1.82) is 0 Å². The van der Waals surface area contributed by atoms with Crippen LogP contribution in [0.25, 0.3) is 0 Å². The Kier molecular flexibility index (Phi) is 4.88. The summed E-state index contributed by atoms with van der Waals surface area (Å²) in [5.74, 6) is -1.99. The first kappa shape index (κ1) is 15.7. The molecule has 7 heteroatoms. The molecule has 0 saturated heterocycles. The third-order valence-electron chi connectivity index (χ3n) is 3.08. The molecule has 0 atom stereocenters. The molecule has 2 N–H and O–H groups in total. The number of nitrogens with zero attached hydrogens (tertiary/aromatic N) is 2. The molecule has 1 heterocycles. The number of carbonyl (C=O) groups is 2. The van der Waals surface area contributed by atoms with Crippen LogP contribution in [0.15, 0.2) is 30.6 Å². The number of anilines is 1. The summed E-state index contributed by atoms with van der Waals surface area (Å²) in [4.78, 5) is 22.4. The van der Waals surface area contributed by atoms with Crippen LogP contribution in [0.2, 0.25) is 0 Å². The molecular weight excluding hydrogens is 289 g/mol. The summed E-state index contributed by atoms with van der Waals surface area (Å²) in [7, 11) is 1.80. The molecule has 2 aromatic rings. The van der Waals surface area contributed by atoms with Crippen LogP contribution in [0.5, 0.6) is 0 Å². The molecule has 0 aliphatic heterocycles. The Morgan fingerprint density at radius 1 is 1.41 bits per heavy atom. The lowest BCUT2D eigenvalue weighted by Gasteiger charge is -2.07. The van der Waals surface area contributed by atoms with E-state index in [4.69, 9.17) is 5.11 Å². The normalized spacial score (nSPS) is 10.5. The molecule has 0 unspecified atom stereocenters. The van der Waals surface area contributed by atoms with Gasteiger partial charge in [-0.2, -0.15) is 5.10 Å². The molecule has 0 saturated carbocycles. The van der Waals surface area contributed by atoms with Gasteiger partial charge in [0, 0.05) is 25.4 Å². The van der Waals surface area contributed by atoms with Crippen molar-refractivity contribution in [2.24, 2.45) is 7.05 Å². The fourth-order valence-electron chi connectivity index (χ4n) is 2.01. The third-order valence-corrected chi connectivity index (χ3v) is 3.08. The molecule has 2 rings (SSSR count). The monoisotopic (exact) mass is 305 g/mol. The van der Waals surface area contributed by atoms with Gasteiger partial charge in [-0.25, -0.2) is 4.39 Å². The van der Waals surface area contributed by atoms with Crippen LogP contribution < -0.4 is 5.32 Å². The minimum absolute atomic E-state index is 0.0841. The molecule has 22 heavy (non-hydrogen) atoms. The smallest absolute Gasteiger partial charge is 0.307 e. The Labute approximate surface area is 126 Å². The third kappa shape index (κ3) is 4.41. The minimum Gasteiger partial charge on any atom is -0.481 e. The highest BCUT2D eigenvalue weighted by molar-refractivity contribution is 5.90. The van der Waals surface area contributed by atoms with E-state index in [1.54, 1.807) is 17.9 Å². The highest BCUT2D eigenvalue weighted by atomic mass is 19.1. The van der Waals surface area contributed by atoms with Crippen molar-refractivity contribution < 1.29 is 19.1 Å². The number of hydrogen-bond donors (Lipinski definition) is 2. The topological polar surface area (TPSA) is 84.2 Å². The van der Waals surface area contributed by atoms with E-state index in [1.807, 2.05) is 6.20 Å². The van der Waals surface area contributed by atoms with Crippen molar-refractivity contribution in [3.05, 3.63) is 47.5 Å². The zero-order valence-electron chi connectivity index (χ0n) is 12.0. The van der Waals surface area contributed by atoms with Gasteiger partial charge in [-0.05, 0) is 29.7 Å². The van der Waals surface area contributed by atoms with Gasteiger partial charge < -0.3 is 10.4 Å². The van der Waals surface area contributed by atoms with Gasteiger partial charge in [0.1, 0.15) is 5.82 Å². The summed E-state index contributed by atoms with van der Waals surface area (Å²) in [5.41, 5.74) is 1.34. The predicted octanol–water partition coefficient (Wildman–Crippen LogP) is 1.76. The summed E-state index contributed by atoms with van der Waals surface area (Å²) in [5, 5.41) is 15.2. The molecule has 116 valence electrons. The number of rotatable bonds is 6. The number of nitrogens with one attached hydrogen (secondary N) is 1. The molecule has 1 amide bonds. The number of carbonyl (C=O) groups excluding carboxylic acids is 1. The Morgan fingerprint density at radius 2 is 2.18 bits per heavy atom. The first-order valence-electron chi connectivity index (χ1n) is 6.71. The molecule has 0 fully saturated rings. The number of aromatic nitrogens is 2. The quantitative estimate of drug-likeness (QED) is 0.851. The van der Waals surface area contributed by atoms with E-state index < -0.39 is 11.8 Å². The average Bonchev–Trinajstić information content (AvgIpc) is 2.85. The van der Waals surface area contributed by atoms with E-state index in [-0.39, 0.29) is 24.3 Å². The number of amides is 1. The SMILES string of the molecule is Cn1cc(CCC(=O)Nc2ccc(CC(=O)O)c(F)c2)cn1. The second kappa shape index (κ2) is 6.84. The maximum atomic E-state index is 13.7. The lowest BCUT2D eigenvalue weighted by Crippen LogP contribution is -2.13. The standard InChI is InChI=1S/C15H16FN3O3/c1-19-9-10(8-17-19)2-5-14(20)18-12-4-3-11(6-15(21)22)13(16)7-12/h3-4,7-9H,2,5-6H2,1H3,(H,18,20)(H,21,22). The second-order valence-corrected chi connectivity index (χ2v) is 4.95. The van der Waals surface area contributed by atoms with Crippen molar-refractivity contribution in [3.63, 3.8) is 0 Å². The Balaban J connectivity index is 1.91. The summed E-state index contributed by atoms with van der Waals surface area (Å²) in [6, 6.07) is 3.98. The van der Waals surface area contributed by atoms with Crippen molar-refractivity contribution in [2.75, 3.05) is 5.32 Å². The molecule has 0 aliphatic rings. The Hall–Kier alpha value is -2.70. The van der Waals surface area contributed by atoms with Crippen molar-refractivity contribution in [2.45, 2.75) is 19.3 Å². The van der Waals surface area contributed by atoms with Gasteiger partial charge in [-0.15, -0.1) is 0 Å². The van der Waals surface area contributed by atoms with Gasteiger partial charge in [0.25, 0.3) is 0 Å². The van der Waals surface area contributed by atoms with Crippen molar-refractivity contribution >= 4 is 17.6 Å². The second-order valence-electron chi connectivity index (χ2n) is 4.95. The number of carboxylic acids is 1. The van der Waals surface area contributed by atoms with Crippen LogP contribution in [-0.4, -0.2) is 26.8 Å². The van der Waals surface area contributed by atoms with Gasteiger partial charge in [0.2, 0.25) is 5.91 Å². The minimum atomic E-state index is -1.10. The van der Waals surface area contributed by atoms with E-state index in [1.165, 1.54) is 12.1 Å². The predicted molar refractivity (Wildman–Crippen MR) is 77.9 cm³/mol. The van der Waals surface area contributed by atoms with E-state index in [9.17, 15) is 14.0 Å². The Morgan fingerprint density at radius 3 is 2.77 bits per heavy atom. The summed E-state index contributed by atoms with van der Waals surface area (Å²) in [6.45, 7) is 0. The zero-order valence-corrected chi connectivity index (χ0v) is 12.0. The van der Waals surface area contributed by atoms with E-state index in [0.717, 1.165) is 11.6 Å². The average molecular weight is 305 g/mol. The van der Waals surface area contributed by atoms with E-state index in [0.29, 0.717) is 12.1 Å². The largest absolute Gasteiger partial charge is 0.481 e. The van der Waals surface area contributed by atoms with Crippen molar-refractivity contribution in [3.8, 4) is 0 Å². The molecule has 0 spiro atoms. The number of halogens is 1. The summed E-state index contributed by atoms with van der Waals surface area (Å²) >= 11 is 0. The fourth-order valence-corrected chi connectivity index (χ4v) is 2.01. The number of aliphatic carboxylic acids is 1. The van der Waals surface area contributed by atoms with Gasteiger partial charge in [0.05, 0.1) is 12.6 Å². The lowest BCUT2D eigenvalue weighted by molar-refractivity contribution is -0.136. The van der Waals surface area contributed by atoms with Crippen LogP contribution in [-0.2, 0) is 29.5 Å². The summed E-state index contributed by atoms with van der Waals surface area (Å²) in [6.07, 6.45) is 3.92. The maximum Gasteiger partial charge on any atom is 0.307 e. The highest BCUT2D eigenvalue weighted by Gasteiger charge is 2.09. The van der Waals surface area contributed by atoms with Crippen LogP contribution in [0.4, 0.5) is 10.1 Å².